The highest BCUT2D eigenvalue weighted by molar-refractivity contribution is 7.97. The van der Waals surface area contributed by atoms with Gasteiger partial charge in [-0.3, -0.25) is 9.10 Å². The second-order valence-electron chi connectivity index (χ2n) is 6.26. The van der Waals surface area contributed by atoms with E-state index in [4.69, 9.17) is 0 Å². The van der Waals surface area contributed by atoms with Gasteiger partial charge in [0, 0.05) is 11.9 Å². The van der Waals surface area contributed by atoms with E-state index < -0.39 is 32.3 Å². The second-order valence-corrected chi connectivity index (χ2v) is 9.01. The molecule has 0 spiro atoms. The third-order valence-electron chi connectivity index (χ3n) is 4.36. The van der Waals surface area contributed by atoms with Crippen LogP contribution in [0.3, 0.4) is 0 Å². The van der Waals surface area contributed by atoms with Gasteiger partial charge in [0.15, 0.2) is 4.91 Å². The number of hydrogen-bond donors (Lipinski definition) is 1. The molecule has 0 aliphatic carbocycles. The lowest BCUT2D eigenvalue weighted by atomic mass is 10.2. The fourth-order valence-corrected chi connectivity index (χ4v) is 5.39. The standard InChI is InChI=1S/C20H14F2N2O3S2/c21-14-3-1-13(2-4-14)12-24-17-9-10-28-20(17)19(25)18(29(24,26)27)11-23-16-7-5-15(22)6-8-16/h1-11,23H,12H2/b18-11-. The van der Waals surface area contributed by atoms with Crippen molar-refractivity contribution >= 4 is 38.5 Å². The number of thiophene rings is 1. The summed E-state index contributed by atoms with van der Waals surface area (Å²) in [6.07, 6.45) is 1.12. The number of rotatable bonds is 4. The molecule has 0 amide bonds. The zero-order valence-corrected chi connectivity index (χ0v) is 16.4. The first-order valence-electron chi connectivity index (χ1n) is 8.48. The molecular weight excluding hydrogens is 418 g/mol. The number of nitrogens with zero attached hydrogens (tertiary/aromatic N) is 1. The van der Waals surface area contributed by atoms with Crippen molar-refractivity contribution in [3.8, 4) is 0 Å². The minimum absolute atomic E-state index is 0.0481. The Labute approximate surface area is 170 Å². The Balaban J connectivity index is 1.73. The molecule has 148 valence electrons. The molecule has 0 atom stereocenters. The van der Waals surface area contributed by atoms with Crippen LogP contribution in [0.1, 0.15) is 15.2 Å². The van der Waals surface area contributed by atoms with Crippen molar-refractivity contribution in [3.63, 3.8) is 0 Å². The van der Waals surface area contributed by atoms with Crippen molar-refractivity contribution in [1.29, 1.82) is 0 Å². The summed E-state index contributed by atoms with van der Waals surface area (Å²) in [4.78, 5) is 12.7. The molecule has 0 unspecified atom stereocenters. The lowest BCUT2D eigenvalue weighted by Crippen LogP contribution is -2.38. The number of carbonyl (C=O) groups excluding carboxylic acids is 1. The van der Waals surface area contributed by atoms with Gasteiger partial charge in [0.2, 0.25) is 5.78 Å². The summed E-state index contributed by atoms with van der Waals surface area (Å²) in [5.41, 5.74) is 1.31. The molecular formula is C20H14F2N2O3S2. The highest BCUT2D eigenvalue weighted by atomic mass is 32.2. The Morgan fingerprint density at radius 3 is 2.24 bits per heavy atom. The predicted molar refractivity (Wildman–Crippen MR) is 108 cm³/mol. The molecule has 0 fully saturated rings. The van der Waals surface area contributed by atoms with Crippen molar-refractivity contribution in [3.05, 3.63) is 93.2 Å². The SMILES string of the molecule is O=C1/C(=C/Nc2ccc(F)cc2)S(=O)(=O)N(Cc2ccc(F)cc2)c2ccsc21. The van der Waals surface area contributed by atoms with Crippen LogP contribution in [0.4, 0.5) is 20.2 Å². The maximum absolute atomic E-state index is 13.2. The smallest absolute Gasteiger partial charge is 0.270 e. The van der Waals surface area contributed by atoms with Crippen molar-refractivity contribution in [2.75, 3.05) is 9.62 Å². The van der Waals surface area contributed by atoms with Gasteiger partial charge >= 0.3 is 0 Å². The molecule has 9 heteroatoms. The number of Topliss-reactive ketones (excluding diaryl/α,β-unsaturated/α-hetero) is 1. The molecule has 5 nitrogen and oxygen atoms in total. The van der Waals surface area contributed by atoms with Crippen LogP contribution < -0.4 is 9.62 Å². The lowest BCUT2D eigenvalue weighted by molar-refractivity contribution is 0.104. The summed E-state index contributed by atoms with van der Waals surface area (Å²) in [6, 6.07) is 12.4. The van der Waals surface area contributed by atoms with Gasteiger partial charge in [0.25, 0.3) is 10.0 Å². The van der Waals surface area contributed by atoms with Crippen molar-refractivity contribution in [1.82, 2.24) is 0 Å². The predicted octanol–water partition coefficient (Wildman–Crippen LogP) is 4.51. The van der Waals surface area contributed by atoms with E-state index in [1.807, 2.05) is 0 Å². The summed E-state index contributed by atoms with van der Waals surface area (Å²) in [5.74, 6) is -1.47. The Bertz CT molecular complexity index is 1200. The summed E-state index contributed by atoms with van der Waals surface area (Å²) in [5, 5.41) is 4.39. The van der Waals surface area contributed by atoms with E-state index in [0.29, 0.717) is 21.8 Å². The molecule has 4 rings (SSSR count). The van der Waals surface area contributed by atoms with E-state index in [1.54, 1.807) is 11.4 Å². The van der Waals surface area contributed by atoms with Gasteiger partial charge in [0.05, 0.1) is 12.2 Å². The van der Waals surface area contributed by atoms with Crippen LogP contribution in [0.2, 0.25) is 0 Å². The zero-order valence-electron chi connectivity index (χ0n) is 14.8. The van der Waals surface area contributed by atoms with Crippen LogP contribution >= 0.6 is 11.3 Å². The Morgan fingerprint density at radius 2 is 1.59 bits per heavy atom. The average molecular weight is 432 g/mol. The van der Waals surface area contributed by atoms with Crippen molar-refractivity contribution < 1.29 is 22.0 Å². The third-order valence-corrected chi connectivity index (χ3v) is 7.03. The fraction of sp³-hybridized carbons (Fsp3) is 0.0500. The zero-order chi connectivity index (χ0) is 20.6. The molecule has 1 aliphatic rings. The maximum atomic E-state index is 13.2. The van der Waals surface area contributed by atoms with Crippen molar-refractivity contribution in [2.45, 2.75) is 6.54 Å². The number of anilines is 2. The van der Waals surface area contributed by atoms with Crippen LogP contribution in [0.25, 0.3) is 0 Å². The number of hydrogen-bond acceptors (Lipinski definition) is 5. The minimum atomic E-state index is -4.16. The third kappa shape index (κ3) is 3.66. The summed E-state index contributed by atoms with van der Waals surface area (Å²) < 4.78 is 53.8. The van der Waals surface area contributed by atoms with E-state index in [-0.39, 0.29) is 6.54 Å². The van der Waals surface area contributed by atoms with Gasteiger partial charge in [-0.15, -0.1) is 11.3 Å². The van der Waals surface area contributed by atoms with Gasteiger partial charge < -0.3 is 5.32 Å². The van der Waals surface area contributed by atoms with Gasteiger partial charge in [0.1, 0.15) is 16.5 Å². The van der Waals surface area contributed by atoms with E-state index in [0.717, 1.165) is 21.8 Å². The molecule has 0 bridgehead atoms. The summed E-state index contributed by atoms with van der Waals surface area (Å²) in [7, 11) is -4.16. The molecule has 1 aromatic heterocycles. The average Bonchev–Trinajstić information content (AvgIpc) is 3.17. The monoisotopic (exact) mass is 432 g/mol. The number of sulfonamides is 1. The van der Waals surface area contributed by atoms with Crippen LogP contribution in [-0.2, 0) is 16.6 Å². The Kier molecular flexibility index (Phi) is 4.93. The number of benzene rings is 2. The first-order valence-corrected chi connectivity index (χ1v) is 10.8. The Hall–Kier alpha value is -3.04. The number of allylic oxidation sites excluding steroid dienone is 1. The molecule has 0 saturated carbocycles. The molecule has 1 N–H and O–H groups in total. The number of halogens is 2. The first-order chi connectivity index (χ1) is 13.9. The largest absolute Gasteiger partial charge is 0.360 e. The van der Waals surface area contributed by atoms with Crippen LogP contribution in [-0.4, -0.2) is 14.2 Å². The topological polar surface area (TPSA) is 66.5 Å². The van der Waals surface area contributed by atoms with Crippen LogP contribution in [0, 0.1) is 11.6 Å². The second kappa shape index (κ2) is 7.41. The molecule has 1 aliphatic heterocycles. The van der Waals surface area contributed by atoms with E-state index in [1.165, 1.54) is 48.5 Å². The molecule has 2 heterocycles. The highest BCUT2D eigenvalue weighted by Gasteiger charge is 2.41. The number of fused-ring (bicyclic) bond motifs is 1. The quantitative estimate of drug-likeness (QED) is 0.616. The lowest BCUT2D eigenvalue weighted by Gasteiger charge is -2.29. The molecule has 29 heavy (non-hydrogen) atoms. The van der Waals surface area contributed by atoms with Gasteiger partial charge in [-0.25, -0.2) is 17.2 Å². The van der Waals surface area contributed by atoms with E-state index >= 15 is 0 Å². The van der Waals surface area contributed by atoms with Crippen molar-refractivity contribution in [2.24, 2.45) is 0 Å². The molecule has 2 aromatic carbocycles. The molecule has 0 saturated heterocycles. The molecule has 0 radical (unpaired) electrons. The van der Waals surface area contributed by atoms with E-state index in [2.05, 4.69) is 5.32 Å². The van der Waals surface area contributed by atoms with Gasteiger partial charge in [-0.1, -0.05) is 12.1 Å². The van der Waals surface area contributed by atoms with Crippen LogP contribution in [0.5, 0.6) is 0 Å². The van der Waals surface area contributed by atoms with Crippen LogP contribution in [0.15, 0.2) is 71.1 Å². The fourth-order valence-electron chi connectivity index (χ4n) is 2.91. The van der Waals surface area contributed by atoms with E-state index in [9.17, 15) is 22.0 Å². The van der Waals surface area contributed by atoms with Gasteiger partial charge in [-0.2, -0.15) is 0 Å². The van der Waals surface area contributed by atoms with Gasteiger partial charge in [-0.05, 0) is 53.4 Å². The molecule has 3 aromatic rings. The first kappa shape index (κ1) is 19.3. The maximum Gasteiger partial charge on any atom is 0.270 e. The summed E-state index contributed by atoms with van der Waals surface area (Å²) in [6.45, 7) is -0.0481. The number of ketones is 1. The summed E-state index contributed by atoms with van der Waals surface area (Å²) >= 11 is 1.14. The highest BCUT2D eigenvalue weighted by Crippen LogP contribution is 2.39. The number of nitrogens with one attached hydrogen (secondary N) is 1. The Morgan fingerprint density at radius 1 is 0.966 bits per heavy atom. The normalized spacial score (nSPS) is 16.7. The minimum Gasteiger partial charge on any atom is -0.360 e. The number of carbonyl (C=O) groups is 1.